The molecule has 3 rings (SSSR count). The van der Waals surface area contributed by atoms with Gasteiger partial charge in [-0.1, -0.05) is 6.58 Å². The van der Waals surface area contributed by atoms with E-state index in [2.05, 4.69) is 26.8 Å². The maximum Gasteiger partial charge on any atom is 0.170 e. The number of pyridine rings is 1. The molecule has 33 heavy (non-hydrogen) atoms. The van der Waals surface area contributed by atoms with Crippen LogP contribution in [0.2, 0.25) is 0 Å². The third-order valence-electron chi connectivity index (χ3n) is 4.91. The molecule has 6 nitrogen and oxygen atoms in total. The standard InChI is InChI=1S/C24H26F2N4O2S/c1-15(2)24(3,26)21-9-16(13-33(5,6)31)10-23(29-21)30-22-12-19(27-14-28-22)18-8-7-17(25)11-20(18)32-4/h7-14H,1H2,2-6H3,(H,27,28,29,30). The molecule has 0 radical (unpaired) electrons. The number of aromatic nitrogens is 3. The van der Waals surface area contributed by atoms with Crippen LogP contribution in [0.15, 0.2) is 54.9 Å². The van der Waals surface area contributed by atoms with Crippen molar-refractivity contribution in [3.8, 4) is 17.0 Å². The number of hydrogen-bond acceptors (Lipinski definition) is 6. The first-order valence-electron chi connectivity index (χ1n) is 9.98. The van der Waals surface area contributed by atoms with Crippen molar-refractivity contribution in [1.82, 2.24) is 15.0 Å². The third kappa shape index (κ3) is 5.92. The van der Waals surface area contributed by atoms with Crippen molar-refractivity contribution in [2.75, 3.05) is 24.9 Å². The molecule has 1 unspecified atom stereocenters. The molecule has 174 valence electrons. The van der Waals surface area contributed by atoms with Crippen molar-refractivity contribution in [2.45, 2.75) is 19.5 Å². The number of nitrogens with zero attached hydrogens (tertiary/aromatic N) is 3. The zero-order chi connectivity index (χ0) is 24.4. The summed E-state index contributed by atoms with van der Waals surface area (Å²) in [6, 6.07) is 9.00. The van der Waals surface area contributed by atoms with Gasteiger partial charge in [-0.05, 0) is 64.1 Å². The quantitative estimate of drug-likeness (QED) is 0.390. The Kier molecular flexibility index (Phi) is 6.83. The van der Waals surface area contributed by atoms with Crippen LogP contribution >= 0.6 is 0 Å². The van der Waals surface area contributed by atoms with E-state index in [4.69, 9.17) is 4.74 Å². The van der Waals surface area contributed by atoms with Crippen LogP contribution in [-0.4, -0.2) is 44.1 Å². The Balaban J connectivity index is 2.06. The number of anilines is 2. The van der Waals surface area contributed by atoms with E-state index in [1.54, 1.807) is 49.1 Å². The van der Waals surface area contributed by atoms with Gasteiger partial charge in [0.15, 0.2) is 5.67 Å². The predicted molar refractivity (Wildman–Crippen MR) is 130 cm³/mol. The van der Waals surface area contributed by atoms with Gasteiger partial charge in [0.05, 0.1) is 18.5 Å². The van der Waals surface area contributed by atoms with E-state index in [9.17, 15) is 8.60 Å². The van der Waals surface area contributed by atoms with Crippen LogP contribution in [0.3, 0.4) is 0 Å². The highest BCUT2D eigenvalue weighted by atomic mass is 32.2. The Labute approximate surface area is 192 Å². The van der Waals surface area contributed by atoms with Crippen LogP contribution in [0, 0.1) is 5.82 Å². The summed E-state index contributed by atoms with van der Waals surface area (Å²) in [5, 5.41) is 4.63. The monoisotopic (exact) mass is 472 g/mol. The average Bonchev–Trinajstić information content (AvgIpc) is 2.72. The van der Waals surface area contributed by atoms with Gasteiger partial charge >= 0.3 is 0 Å². The molecule has 1 atom stereocenters. The SMILES string of the molecule is C=C(C)C(C)(F)c1cc(C=S(C)(C)=O)cc(Nc2cc(-c3ccc(F)cc3OC)ncn2)n1. The molecular formula is C24H26F2N4O2S. The lowest BCUT2D eigenvalue weighted by molar-refractivity contribution is 0.238. The summed E-state index contributed by atoms with van der Waals surface area (Å²) in [5.74, 6) is 0.588. The molecule has 0 amide bonds. The van der Waals surface area contributed by atoms with Crippen LogP contribution in [-0.2, 0) is 15.2 Å². The number of alkyl halides is 1. The molecule has 0 spiro atoms. The van der Waals surface area contributed by atoms with Gasteiger partial charge in [0.1, 0.15) is 29.5 Å². The number of hydrogen-bond donors (Lipinski definition) is 1. The number of benzene rings is 1. The van der Waals surface area contributed by atoms with E-state index in [1.807, 2.05) is 0 Å². The molecular weight excluding hydrogens is 446 g/mol. The number of allylic oxidation sites excluding steroid dienone is 1. The highest BCUT2D eigenvalue weighted by molar-refractivity contribution is 8.00. The van der Waals surface area contributed by atoms with Crippen molar-refractivity contribution >= 4 is 26.5 Å². The van der Waals surface area contributed by atoms with E-state index >= 15 is 4.39 Å². The summed E-state index contributed by atoms with van der Waals surface area (Å²) in [4.78, 5) is 12.9. The first-order chi connectivity index (χ1) is 15.4. The summed E-state index contributed by atoms with van der Waals surface area (Å²) in [7, 11) is -0.803. The summed E-state index contributed by atoms with van der Waals surface area (Å²) in [5.41, 5.74) is 0.159. The van der Waals surface area contributed by atoms with Crippen LogP contribution in [0.4, 0.5) is 20.4 Å². The van der Waals surface area contributed by atoms with E-state index < -0.39 is 21.0 Å². The van der Waals surface area contributed by atoms with Gasteiger partial charge in [0.25, 0.3) is 0 Å². The van der Waals surface area contributed by atoms with Gasteiger partial charge in [0.2, 0.25) is 0 Å². The van der Waals surface area contributed by atoms with Crippen LogP contribution < -0.4 is 10.1 Å². The fraction of sp³-hybridized carbons (Fsp3) is 0.250. The molecule has 0 bridgehead atoms. The van der Waals surface area contributed by atoms with Gasteiger partial charge in [-0.2, -0.15) is 0 Å². The molecule has 0 saturated carbocycles. The van der Waals surface area contributed by atoms with E-state index in [0.29, 0.717) is 39.8 Å². The van der Waals surface area contributed by atoms with Gasteiger partial charge in [-0.3, -0.25) is 4.21 Å². The molecule has 0 aliphatic rings. The highest BCUT2D eigenvalue weighted by Crippen LogP contribution is 2.33. The lowest BCUT2D eigenvalue weighted by Crippen LogP contribution is -2.19. The number of rotatable bonds is 7. The minimum Gasteiger partial charge on any atom is -0.496 e. The lowest BCUT2D eigenvalue weighted by Gasteiger charge is -2.21. The fourth-order valence-corrected chi connectivity index (χ4v) is 3.84. The molecule has 1 N–H and O–H groups in total. The Morgan fingerprint density at radius 2 is 1.91 bits per heavy atom. The predicted octanol–water partition coefficient (Wildman–Crippen LogP) is 4.89. The summed E-state index contributed by atoms with van der Waals surface area (Å²) in [6.45, 7) is 6.69. The fourth-order valence-electron chi connectivity index (χ4n) is 3.05. The number of ether oxygens (including phenoxy) is 1. The molecule has 0 saturated heterocycles. The molecule has 2 aromatic heterocycles. The smallest absolute Gasteiger partial charge is 0.170 e. The lowest BCUT2D eigenvalue weighted by atomic mass is 9.95. The average molecular weight is 473 g/mol. The first kappa shape index (κ1) is 24.3. The van der Waals surface area contributed by atoms with Crippen molar-refractivity contribution in [1.29, 1.82) is 0 Å². The van der Waals surface area contributed by atoms with Gasteiger partial charge in [0, 0.05) is 30.2 Å². The number of methoxy groups -OCH3 is 1. The zero-order valence-corrected chi connectivity index (χ0v) is 20.0. The molecule has 0 aliphatic heterocycles. The first-order valence-corrected chi connectivity index (χ1v) is 12.4. The van der Waals surface area contributed by atoms with Crippen molar-refractivity contribution < 1.29 is 17.7 Å². The zero-order valence-electron chi connectivity index (χ0n) is 19.1. The van der Waals surface area contributed by atoms with Gasteiger partial charge < -0.3 is 10.1 Å². The number of nitrogens with one attached hydrogen (secondary N) is 1. The highest BCUT2D eigenvalue weighted by Gasteiger charge is 2.29. The van der Waals surface area contributed by atoms with Gasteiger partial charge in [-0.25, -0.2) is 23.7 Å². The molecule has 0 aliphatic carbocycles. The molecule has 2 heterocycles. The second-order valence-electron chi connectivity index (χ2n) is 8.14. The third-order valence-corrected chi connectivity index (χ3v) is 5.75. The molecule has 0 fully saturated rings. The van der Waals surface area contributed by atoms with Crippen LogP contribution in [0.5, 0.6) is 5.75 Å². The summed E-state index contributed by atoms with van der Waals surface area (Å²) >= 11 is 0. The summed E-state index contributed by atoms with van der Waals surface area (Å²) < 4.78 is 46.5. The van der Waals surface area contributed by atoms with Gasteiger partial charge in [-0.15, -0.1) is 0 Å². The maximum atomic E-state index is 15.3. The largest absolute Gasteiger partial charge is 0.496 e. The Morgan fingerprint density at radius 1 is 1.18 bits per heavy atom. The maximum absolute atomic E-state index is 15.3. The minimum absolute atomic E-state index is 0.129. The van der Waals surface area contributed by atoms with Crippen LogP contribution in [0.1, 0.15) is 25.1 Å². The minimum atomic E-state index is -2.25. The Morgan fingerprint density at radius 3 is 2.55 bits per heavy atom. The van der Waals surface area contributed by atoms with E-state index in [0.717, 1.165) is 0 Å². The Hall–Kier alpha value is -3.33. The summed E-state index contributed by atoms with van der Waals surface area (Å²) in [6.07, 6.45) is 4.54. The van der Waals surface area contributed by atoms with E-state index in [1.165, 1.54) is 32.5 Å². The second kappa shape index (κ2) is 9.27. The molecule has 9 heteroatoms. The van der Waals surface area contributed by atoms with Crippen molar-refractivity contribution in [3.63, 3.8) is 0 Å². The molecule has 3 aromatic rings. The Bertz CT molecular complexity index is 1320. The topological polar surface area (TPSA) is 77.0 Å². The van der Waals surface area contributed by atoms with Crippen LogP contribution in [0.25, 0.3) is 11.3 Å². The van der Waals surface area contributed by atoms with E-state index in [-0.39, 0.29) is 5.69 Å². The molecule has 1 aromatic carbocycles. The number of halogens is 2. The van der Waals surface area contributed by atoms with Crippen molar-refractivity contribution in [2.24, 2.45) is 0 Å². The second-order valence-corrected chi connectivity index (χ2v) is 11.0. The van der Waals surface area contributed by atoms with Crippen molar-refractivity contribution in [3.05, 3.63) is 72.0 Å². The normalized spacial score (nSPS) is 13.2.